The first-order chi connectivity index (χ1) is 15.7. The number of rotatable bonds is 7. The summed E-state index contributed by atoms with van der Waals surface area (Å²) in [4.78, 5) is 0. The van der Waals surface area contributed by atoms with Crippen LogP contribution in [0.1, 0.15) is 18.9 Å². The number of aliphatic hydroxyl groups excluding tert-OH is 2. The highest BCUT2D eigenvalue weighted by atomic mass is 16.8. The van der Waals surface area contributed by atoms with Gasteiger partial charge >= 0.3 is 0 Å². The summed E-state index contributed by atoms with van der Waals surface area (Å²) in [5.74, 6) is -2.19. The molecule has 2 heterocycles. The summed E-state index contributed by atoms with van der Waals surface area (Å²) >= 11 is 0. The molecule has 7 N–H and O–H groups in total. The average molecular weight is 468 g/mol. The van der Waals surface area contributed by atoms with Crippen LogP contribution in [0.15, 0.2) is 30.3 Å². The standard InChI is InChI=1S/C23H37N3O7/c1-13-11-22(29,12-26-10-9-14-7-5-4-6-8-14)23(30)21(31-13)32-20-18(28)15(24-2)17(27)16(25-3)19(20)33-23/h4-8,13,15-21,24-30H,9-12H2,1-3H3/t13-,15-,16+,17+,18+,19-,20-,21+,22-,23-/m1/s1. The molecule has 0 spiro atoms. The summed E-state index contributed by atoms with van der Waals surface area (Å²) in [7, 11) is 3.30. The Kier molecular flexibility index (Phi) is 7.42. The first kappa shape index (κ1) is 24.9. The second-order valence-electron chi connectivity index (χ2n) is 9.42. The van der Waals surface area contributed by atoms with E-state index in [1.807, 2.05) is 30.3 Å². The number of aliphatic hydroxyl groups is 4. The number of likely N-dealkylation sites (N-methyl/N-ethyl adjacent to an activating group) is 2. The lowest BCUT2D eigenvalue weighted by atomic mass is 9.77. The number of fused-ring (bicyclic) bond motifs is 2. The van der Waals surface area contributed by atoms with Gasteiger partial charge in [0.25, 0.3) is 0 Å². The van der Waals surface area contributed by atoms with Gasteiger partial charge in [0.1, 0.15) is 23.9 Å². The van der Waals surface area contributed by atoms with Crippen molar-refractivity contribution in [2.75, 3.05) is 27.2 Å². The molecule has 1 aliphatic carbocycles. The molecule has 10 nitrogen and oxygen atoms in total. The molecular weight excluding hydrogens is 430 g/mol. The molecule has 2 saturated heterocycles. The molecule has 1 aromatic carbocycles. The van der Waals surface area contributed by atoms with E-state index in [1.54, 1.807) is 21.0 Å². The summed E-state index contributed by atoms with van der Waals surface area (Å²) in [5.41, 5.74) is -0.555. The van der Waals surface area contributed by atoms with E-state index in [2.05, 4.69) is 16.0 Å². The second-order valence-corrected chi connectivity index (χ2v) is 9.42. The van der Waals surface area contributed by atoms with E-state index >= 15 is 0 Å². The average Bonchev–Trinajstić information content (AvgIpc) is 2.78. The van der Waals surface area contributed by atoms with Gasteiger partial charge in [-0.15, -0.1) is 0 Å². The van der Waals surface area contributed by atoms with Gasteiger partial charge in [0.2, 0.25) is 12.1 Å². The van der Waals surface area contributed by atoms with Gasteiger partial charge in [-0.05, 0) is 39.5 Å². The zero-order valence-electron chi connectivity index (χ0n) is 19.3. The van der Waals surface area contributed by atoms with Crippen molar-refractivity contribution >= 4 is 0 Å². The topological polar surface area (TPSA) is 145 Å². The maximum Gasteiger partial charge on any atom is 0.249 e. The largest absolute Gasteiger partial charge is 0.390 e. The SMILES string of the molecule is CN[C@@H]1[C@H](O)[C@H](NC)[C@H]2O[C@]3(O)[C@H](O[C@@H]2[C@H]1O)O[C@H](C)C[C@@]3(O)CNCCc1ccccc1. The number of nitrogens with one attached hydrogen (secondary N) is 3. The number of ether oxygens (including phenoxy) is 3. The zero-order valence-corrected chi connectivity index (χ0v) is 19.3. The van der Waals surface area contributed by atoms with Crippen molar-refractivity contribution in [1.82, 2.24) is 16.0 Å². The molecule has 0 radical (unpaired) electrons. The van der Waals surface area contributed by atoms with E-state index in [0.717, 1.165) is 12.0 Å². The van der Waals surface area contributed by atoms with E-state index in [4.69, 9.17) is 14.2 Å². The smallest absolute Gasteiger partial charge is 0.249 e. The van der Waals surface area contributed by atoms with Crippen LogP contribution in [-0.4, -0.2) is 108 Å². The quantitative estimate of drug-likeness (QED) is 0.226. The van der Waals surface area contributed by atoms with Gasteiger partial charge in [0, 0.05) is 13.0 Å². The fourth-order valence-corrected chi connectivity index (χ4v) is 5.40. The molecule has 4 rings (SSSR count). The van der Waals surface area contributed by atoms with Crippen LogP contribution in [0, 0.1) is 0 Å². The predicted molar refractivity (Wildman–Crippen MR) is 119 cm³/mol. The molecule has 1 saturated carbocycles. The van der Waals surface area contributed by atoms with Crippen LogP contribution in [0.25, 0.3) is 0 Å². The molecule has 2 aliphatic heterocycles. The fraction of sp³-hybridized carbons (Fsp3) is 0.739. The van der Waals surface area contributed by atoms with Crippen LogP contribution in [0.3, 0.4) is 0 Å². The first-order valence-electron chi connectivity index (χ1n) is 11.6. The minimum Gasteiger partial charge on any atom is -0.390 e. The number of benzene rings is 1. The molecule has 3 aliphatic rings. The molecule has 0 amide bonds. The van der Waals surface area contributed by atoms with Gasteiger partial charge in [-0.2, -0.15) is 0 Å². The van der Waals surface area contributed by atoms with Crippen molar-refractivity contribution in [2.24, 2.45) is 0 Å². The Bertz CT molecular complexity index is 789. The van der Waals surface area contributed by atoms with Crippen molar-refractivity contribution in [3.8, 4) is 0 Å². The summed E-state index contributed by atoms with van der Waals surface area (Å²) in [5, 5.41) is 54.0. The third-order valence-corrected chi connectivity index (χ3v) is 7.20. The van der Waals surface area contributed by atoms with E-state index in [1.165, 1.54) is 0 Å². The molecule has 33 heavy (non-hydrogen) atoms. The first-order valence-corrected chi connectivity index (χ1v) is 11.6. The predicted octanol–water partition coefficient (Wildman–Crippen LogP) is -1.93. The molecule has 0 unspecified atom stereocenters. The number of hydrogen-bond donors (Lipinski definition) is 7. The highest BCUT2D eigenvalue weighted by molar-refractivity contribution is 5.15. The third-order valence-electron chi connectivity index (χ3n) is 7.20. The van der Waals surface area contributed by atoms with Crippen LogP contribution in [-0.2, 0) is 20.6 Å². The van der Waals surface area contributed by atoms with Gasteiger partial charge in [0.15, 0.2) is 0 Å². The maximum absolute atomic E-state index is 11.6. The van der Waals surface area contributed by atoms with Crippen LogP contribution in [0.2, 0.25) is 0 Å². The monoisotopic (exact) mass is 467 g/mol. The molecule has 3 fully saturated rings. The van der Waals surface area contributed by atoms with E-state index in [-0.39, 0.29) is 13.0 Å². The van der Waals surface area contributed by atoms with Gasteiger partial charge in [-0.3, -0.25) is 0 Å². The van der Waals surface area contributed by atoms with Crippen LogP contribution in [0.5, 0.6) is 0 Å². The molecule has 1 aromatic rings. The Balaban J connectivity index is 1.52. The molecule has 186 valence electrons. The van der Waals surface area contributed by atoms with Crippen molar-refractivity contribution < 1.29 is 34.6 Å². The zero-order chi connectivity index (χ0) is 23.8. The third kappa shape index (κ3) is 4.45. The fourth-order valence-electron chi connectivity index (χ4n) is 5.40. The highest BCUT2D eigenvalue weighted by Gasteiger charge is 2.68. The Morgan fingerprint density at radius 3 is 2.33 bits per heavy atom. The normalized spacial score (nSPS) is 45.3. The highest BCUT2D eigenvalue weighted by Crippen LogP contribution is 2.46. The van der Waals surface area contributed by atoms with Crippen LogP contribution >= 0.6 is 0 Å². The number of hydrogen-bond acceptors (Lipinski definition) is 10. The van der Waals surface area contributed by atoms with Crippen LogP contribution in [0.4, 0.5) is 0 Å². The Labute approximate surface area is 194 Å². The van der Waals surface area contributed by atoms with Crippen molar-refractivity contribution in [2.45, 2.75) is 80.0 Å². The summed E-state index contributed by atoms with van der Waals surface area (Å²) in [6, 6.07) is 8.65. The lowest BCUT2D eigenvalue weighted by molar-refractivity contribution is -0.482. The minimum absolute atomic E-state index is 0.0513. The second kappa shape index (κ2) is 9.82. The van der Waals surface area contributed by atoms with Crippen molar-refractivity contribution in [3.63, 3.8) is 0 Å². The van der Waals surface area contributed by atoms with E-state index in [0.29, 0.717) is 6.54 Å². The van der Waals surface area contributed by atoms with Crippen LogP contribution < -0.4 is 16.0 Å². The Hall–Kier alpha value is -1.18. The van der Waals surface area contributed by atoms with E-state index in [9.17, 15) is 20.4 Å². The minimum atomic E-state index is -2.19. The molecular formula is C23H37N3O7. The van der Waals surface area contributed by atoms with Crippen molar-refractivity contribution in [1.29, 1.82) is 0 Å². The van der Waals surface area contributed by atoms with E-state index < -0.39 is 60.3 Å². The van der Waals surface area contributed by atoms with Gasteiger partial charge < -0.3 is 50.6 Å². The molecule has 10 atom stereocenters. The van der Waals surface area contributed by atoms with Gasteiger partial charge in [0.05, 0.1) is 24.3 Å². The summed E-state index contributed by atoms with van der Waals surface area (Å²) in [6.45, 7) is 2.43. The van der Waals surface area contributed by atoms with Crippen molar-refractivity contribution in [3.05, 3.63) is 35.9 Å². The summed E-state index contributed by atoms with van der Waals surface area (Å²) in [6.07, 6.45) is -4.76. The lowest BCUT2D eigenvalue weighted by Gasteiger charge is -2.60. The molecule has 0 aromatic heterocycles. The van der Waals surface area contributed by atoms with Gasteiger partial charge in [-0.1, -0.05) is 30.3 Å². The Morgan fingerprint density at radius 2 is 1.67 bits per heavy atom. The summed E-state index contributed by atoms with van der Waals surface area (Å²) < 4.78 is 18.0. The van der Waals surface area contributed by atoms with Gasteiger partial charge in [-0.25, -0.2) is 0 Å². The maximum atomic E-state index is 11.6. The lowest BCUT2D eigenvalue weighted by Crippen LogP contribution is -2.81. The Morgan fingerprint density at radius 1 is 0.970 bits per heavy atom. The molecule has 10 heteroatoms. The molecule has 0 bridgehead atoms.